The van der Waals surface area contributed by atoms with Crippen molar-refractivity contribution in [2.24, 2.45) is 5.92 Å². The maximum absolute atomic E-state index is 13.1. The van der Waals surface area contributed by atoms with Crippen molar-refractivity contribution < 1.29 is 23.8 Å². The van der Waals surface area contributed by atoms with Gasteiger partial charge in [0.25, 0.3) is 5.91 Å². The van der Waals surface area contributed by atoms with Crippen molar-refractivity contribution in [1.29, 1.82) is 0 Å². The summed E-state index contributed by atoms with van der Waals surface area (Å²) in [6.45, 7) is 5.96. The first-order valence-electron chi connectivity index (χ1n) is 10.6. The van der Waals surface area contributed by atoms with Crippen molar-refractivity contribution in [2.45, 2.75) is 32.8 Å². The molecule has 1 amide bonds. The summed E-state index contributed by atoms with van der Waals surface area (Å²) in [6, 6.07) is 10.8. The number of nitrogens with zero attached hydrogens (tertiary/aromatic N) is 1. The summed E-state index contributed by atoms with van der Waals surface area (Å²) in [6.07, 6.45) is 1.24. The van der Waals surface area contributed by atoms with E-state index in [2.05, 4.69) is 15.9 Å². The molecule has 2 aromatic rings. The van der Waals surface area contributed by atoms with Crippen LogP contribution in [0.2, 0.25) is 0 Å². The Morgan fingerprint density at radius 3 is 2.45 bits per heavy atom. The fourth-order valence-corrected chi connectivity index (χ4v) is 4.31. The molecule has 0 aliphatic carbocycles. The summed E-state index contributed by atoms with van der Waals surface area (Å²) in [5.74, 6) is 1.80. The van der Waals surface area contributed by atoms with Crippen LogP contribution >= 0.6 is 15.9 Å². The minimum absolute atomic E-state index is 0.0322. The molecule has 164 valence electrons. The van der Waals surface area contributed by atoms with Gasteiger partial charge in [0.2, 0.25) is 0 Å². The summed E-state index contributed by atoms with van der Waals surface area (Å²) in [7, 11) is 0. The molecule has 6 nitrogen and oxygen atoms in total. The number of hydrogen-bond donors (Lipinski definition) is 0. The van der Waals surface area contributed by atoms with Crippen LogP contribution in [0.4, 0.5) is 0 Å². The SMILES string of the molecule is CC(C)Oc1cc(Br)ccc1C(=O)N1CCC(C(=O)c2ccc3c(c2)OCCO3)CC1. The second-order valence-corrected chi connectivity index (χ2v) is 9.01. The van der Waals surface area contributed by atoms with E-state index in [-0.39, 0.29) is 23.7 Å². The number of ether oxygens (including phenoxy) is 3. The van der Waals surface area contributed by atoms with Gasteiger partial charge in [-0.3, -0.25) is 9.59 Å². The van der Waals surface area contributed by atoms with Crippen LogP contribution in [0.25, 0.3) is 0 Å². The zero-order valence-corrected chi connectivity index (χ0v) is 19.3. The van der Waals surface area contributed by atoms with E-state index in [1.54, 1.807) is 24.3 Å². The second-order valence-electron chi connectivity index (χ2n) is 8.10. The van der Waals surface area contributed by atoms with Gasteiger partial charge in [-0.2, -0.15) is 0 Å². The molecule has 4 rings (SSSR count). The summed E-state index contributed by atoms with van der Waals surface area (Å²) in [4.78, 5) is 28.0. The van der Waals surface area contributed by atoms with Crippen molar-refractivity contribution in [2.75, 3.05) is 26.3 Å². The number of likely N-dealkylation sites (tertiary alicyclic amines) is 1. The lowest BCUT2D eigenvalue weighted by atomic mass is 9.88. The van der Waals surface area contributed by atoms with E-state index >= 15 is 0 Å². The molecule has 1 saturated heterocycles. The van der Waals surface area contributed by atoms with Crippen molar-refractivity contribution in [3.8, 4) is 17.2 Å². The van der Waals surface area contributed by atoms with Gasteiger partial charge in [-0.15, -0.1) is 0 Å². The van der Waals surface area contributed by atoms with Crippen molar-refractivity contribution in [1.82, 2.24) is 4.90 Å². The molecular formula is C24H26BrNO5. The second kappa shape index (κ2) is 9.30. The van der Waals surface area contributed by atoms with Gasteiger partial charge in [-0.05, 0) is 63.1 Å². The normalized spacial score (nSPS) is 16.3. The molecule has 0 aromatic heterocycles. The molecular weight excluding hydrogens is 462 g/mol. The Kier molecular flexibility index (Phi) is 6.51. The molecule has 2 aliphatic rings. The number of Topliss-reactive ketones (excluding diaryl/α,β-unsaturated/α-hetero) is 1. The average Bonchev–Trinajstić information content (AvgIpc) is 2.77. The first-order valence-corrected chi connectivity index (χ1v) is 11.4. The maximum Gasteiger partial charge on any atom is 0.257 e. The zero-order valence-electron chi connectivity index (χ0n) is 17.7. The lowest BCUT2D eigenvalue weighted by molar-refractivity contribution is 0.0645. The van der Waals surface area contributed by atoms with Crippen LogP contribution in [-0.2, 0) is 0 Å². The standard InChI is InChI=1S/C24H26BrNO5/c1-15(2)31-21-14-18(25)4-5-19(21)24(28)26-9-7-16(8-10-26)23(27)17-3-6-20-22(13-17)30-12-11-29-20/h3-6,13-16H,7-12H2,1-2H3. The lowest BCUT2D eigenvalue weighted by Crippen LogP contribution is -2.40. The number of rotatable bonds is 5. The van der Waals surface area contributed by atoms with Crippen LogP contribution in [0.3, 0.4) is 0 Å². The van der Waals surface area contributed by atoms with Gasteiger partial charge in [0.05, 0.1) is 11.7 Å². The van der Waals surface area contributed by atoms with E-state index in [0.717, 1.165) is 4.47 Å². The van der Waals surface area contributed by atoms with Crippen LogP contribution in [0, 0.1) is 5.92 Å². The molecule has 2 heterocycles. The van der Waals surface area contributed by atoms with E-state index < -0.39 is 0 Å². The van der Waals surface area contributed by atoms with Gasteiger partial charge in [0, 0.05) is 29.0 Å². The molecule has 31 heavy (non-hydrogen) atoms. The largest absolute Gasteiger partial charge is 0.490 e. The molecule has 0 radical (unpaired) electrons. The van der Waals surface area contributed by atoms with Gasteiger partial charge >= 0.3 is 0 Å². The molecule has 0 saturated carbocycles. The highest BCUT2D eigenvalue weighted by molar-refractivity contribution is 9.10. The Balaban J connectivity index is 1.42. The Bertz CT molecular complexity index is 982. The first kappa shape index (κ1) is 21.7. The number of piperidine rings is 1. The predicted molar refractivity (Wildman–Crippen MR) is 120 cm³/mol. The summed E-state index contributed by atoms with van der Waals surface area (Å²) in [5, 5.41) is 0. The fraction of sp³-hybridized carbons (Fsp3) is 0.417. The smallest absolute Gasteiger partial charge is 0.257 e. The maximum atomic E-state index is 13.1. The molecule has 2 aromatic carbocycles. The zero-order chi connectivity index (χ0) is 22.0. The Morgan fingerprint density at radius 2 is 1.74 bits per heavy atom. The minimum Gasteiger partial charge on any atom is -0.490 e. The molecule has 0 atom stereocenters. The van der Waals surface area contributed by atoms with Gasteiger partial charge in [0.1, 0.15) is 19.0 Å². The number of ketones is 1. The molecule has 0 spiro atoms. The lowest BCUT2D eigenvalue weighted by Gasteiger charge is -2.32. The van der Waals surface area contributed by atoms with Crippen molar-refractivity contribution in [3.05, 3.63) is 52.0 Å². The molecule has 0 bridgehead atoms. The van der Waals surface area contributed by atoms with E-state index in [4.69, 9.17) is 14.2 Å². The van der Waals surface area contributed by atoms with E-state index in [1.807, 2.05) is 30.9 Å². The number of carbonyl (C=O) groups is 2. The Hall–Kier alpha value is -2.54. The number of halogens is 1. The highest BCUT2D eigenvalue weighted by Gasteiger charge is 2.30. The number of carbonyl (C=O) groups excluding carboxylic acids is 2. The number of hydrogen-bond acceptors (Lipinski definition) is 5. The number of amides is 1. The fourth-order valence-electron chi connectivity index (χ4n) is 3.97. The van der Waals surface area contributed by atoms with E-state index in [9.17, 15) is 9.59 Å². The van der Waals surface area contributed by atoms with Gasteiger partial charge in [0.15, 0.2) is 17.3 Å². The highest BCUT2D eigenvalue weighted by atomic mass is 79.9. The minimum atomic E-state index is -0.108. The Morgan fingerprint density at radius 1 is 1.03 bits per heavy atom. The predicted octanol–water partition coefficient (Wildman–Crippen LogP) is 4.74. The molecule has 0 unspecified atom stereocenters. The van der Waals surface area contributed by atoms with Crippen molar-refractivity contribution in [3.63, 3.8) is 0 Å². The molecule has 0 N–H and O–H groups in total. The quantitative estimate of drug-likeness (QED) is 0.569. The summed E-state index contributed by atoms with van der Waals surface area (Å²) < 4.78 is 17.8. The number of benzene rings is 2. The van der Waals surface area contributed by atoms with E-state index in [1.165, 1.54) is 0 Å². The topological polar surface area (TPSA) is 65.1 Å². The van der Waals surface area contributed by atoms with Crippen LogP contribution in [-0.4, -0.2) is 49.0 Å². The van der Waals surface area contributed by atoms with Crippen LogP contribution < -0.4 is 14.2 Å². The number of fused-ring (bicyclic) bond motifs is 1. The third-order valence-corrected chi connectivity index (χ3v) is 6.01. The average molecular weight is 488 g/mol. The summed E-state index contributed by atoms with van der Waals surface area (Å²) in [5.41, 5.74) is 1.18. The van der Waals surface area contributed by atoms with Crippen LogP contribution in [0.5, 0.6) is 17.2 Å². The van der Waals surface area contributed by atoms with Crippen molar-refractivity contribution >= 4 is 27.6 Å². The molecule has 2 aliphatic heterocycles. The molecule has 1 fully saturated rings. The third kappa shape index (κ3) is 4.87. The highest BCUT2D eigenvalue weighted by Crippen LogP contribution is 2.33. The van der Waals surface area contributed by atoms with E-state index in [0.29, 0.717) is 67.5 Å². The van der Waals surface area contributed by atoms with Gasteiger partial charge < -0.3 is 19.1 Å². The Labute approximate surface area is 190 Å². The molecule has 7 heteroatoms. The van der Waals surface area contributed by atoms with Crippen LogP contribution in [0.15, 0.2) is 40.9 Å². The van der Waals surface area contributed by atoms with Crippen LogP contribution in [0.1, 0.15) is 47.4 Å². The first-order chi connectivity index (χ1) is 14.9. The monoisotopic (exact) mass is 487 g/mol. The summed E-state index contributed by atoms with van der Waals surface area (Å²) >= 11 is 3.44. The van der Waals surface area contributed by atoms with Gasteiger partial charge in [-0.25, -0.2) is 0 Å². The third-order valence-electron chi connectivity index (χ3n) is 5.52. The van der Waals surface area contributed by atoms with Gasteiger partial charge in [-0.1, -0.05) is 15.9 Å².